The first-order chi connectivity index (χ1) is 8.15. The Morgan fingerprint density at radius 1 is 1.53 bits per heavy atom. The van der Waals surface area contributed by atoms with Crippen molar-refractivity contribution >= 4 is 11.6 Å². The minimum absolute atomic E-state index is 0.0542. The van der Waals surface area contributed by atoms with Crippen LogP contribution in [-0.4, -0.2) is 17.4 Å². The molecule has 1 aromatic rings. The van der Waals surface area contributed by atoms with Crippen molar-refractivity contribution in [3.05, 3.63) is 18.0 Å². The summed E-state index contributed by atoms with van der Waals surface area (Å²) < 4.78 is 0. The zero-order valence-corrected chi connectivity index (χ0v) is 10.4. The summed E-state index contributed by atoms with van der Waals surface area (Å²) in [4.78, 5) is 14.7. The van der Waals surface area contributed by atoms with Crippen LogP contribution in [0.15, 0.2) is 12.3 Å². The summed E-state index contributed by atoms with van der Waals surface area (Å²) >= 11 is 0. The molecule has 4 nitrogen and oxygen atoms in total. The third kappa shape index (κ3) is 2.62. The van der Waals surface area contributed by atoms with E-state index in [9.17, 15) is 4.79 Å². The zero-order valence-electron chi connectivity index (χ0n) is 10.4. The number of hydrogen-bond donors (Lipinski definition) is 3. The molecule has 17 heavy (non-hydrogen) atoms. The molecule has 1 aromatic heterocycles. The lowest BCUT2D eigenvalue weighted by atomic mass is 9.83. The van der Waals surface area contributed by atoms with Gasteiger partial charge in [-0.15, -0.1) is 0 Å². The quantitative estimate of drug-likeness (QED) is 0.749. The summed E-state index contributed by atoms with van der Waals surface area (Å²) in [5, 5.41) is 3.02. The van der Waals surface area contributed by atoms with Gasteiger partial charge in [-0.1, -0.05) is 19.8 Å². The van der Waals surface area contributed by atoms with Crippen molar-refractivity contribution in [2.75, 3.05) is 12.3 Å². The van der Waals surface area contributed by atoms with E-state index in [0.717, 1.165) is 13.0 Å². The third-order valence-corrected chi connectivity index (χ3v) is 3.99. The maximum atomic E-state index is 11.9. The molecule has 1 amide bonds. The molecule has 0 aliphatic heterocycles. The highest BCUT2D eigenvalue weighted by atomic mass is 16.1. The van der Waals surface area contributed by atoms with Crippen molar-refractivity contribution in [3.8, 4) is 0 Å². The van der Waals surface area contributed by atoms with Crippen molar-refractivity contribution in [1.82, 2.24) is 10.3 Å². The molecular weight excluding hydrogens is 214 g/mol. The van der Waals surface area contributed by atoms with Gasteiger partial charge in [0.25, 0.3) is 5.91 Å². The molecule has 94 valence electrons. The van der Waals surface area contributed by atoms with Crippen LogP contribution in [0.25, 0.3) is 0 Å². The van der Waals surface area contributed by atoms with Crippen LogP contribution in [-0.2, 0) is 0 Å². The van der Waals surface area contributed by atoms with Gasteiger partial charge < -0.3 is 16.0 Å². The smallest absolute Gasteiger partial charge is 0.267 e. The molecule has 4 heteroatoms. The summed E-state index contributed by atoms with van der Waals surface area (Å²) in [6, 6.07) is 1.67. The largest absolute Gasteiger partial charge is 0.397 e. The van der Waals surface area contributed by atoms with Gasteiger partial charge in [0.15, 0.2) is 0 Å². The topological polar surface area (TPSA) is 70.9 Å². The molecule has 0 spiro atoms. The molecule has 0 bridgehead atoms. The first-order valence-corrected chi connectivity index (χ1v) is 6.37. The molecule has 0 atom stereocenters. The molecule has 1 saturated carbocycles. The predicted molar refractivity (Wildman–Crippen MR) is 68.7 cm³/mol. The van der Waals surface area contributed by atoms with Gasteiger partial charge in [-0.25, -0.2) is 0 Å². The molecule has 1 heterocycles. The molecule has 2 rings (SSSR count). The molecule has 1 aliphatic rings. The van der Waals surface area contributed by atoms with Gasteiger partial charge in [-0.3, -0.25) is 4.79 Å². The highest BCUT2D eigenvalue weighted by Crippen LogP contribution is 2.40. The molecular formula is C13H21N3O. The maximum absolute atomic E-state index is 11.9. The van der Waals surface area contributed by atoms with Crippen molar-refractivity contribution < 1.29 is 4.79 Å². The average Bonchev–Trinajstić information content (AvgIpc) is 2.95. The van der Waals surface area contributed by atoms with E-state index in [-0.39, 0.29) is 5.91 Å². The number of H-pyrrole nitrogens is 1. The highest BCUT2D eigenvalue weighted by Gasteiger charge is 2.32. The van der Waals surface area contributed by atoms with Crippen LogP contribution >= 0.6 is 0 Å². The first kappa shape index (κ1) is 12.0. The van der Waals surface area contributed by atoms with Gasteiger partial charge in [-0.2, -0.15) is 0 Å². The van der Waals surface area contributed by atoms with E-state index in [0.29, 0.717) is 16.8 Å². The third-order valence-electron chi connectivity index (χ3n) is 3.99. The van der Waals surface area contributed by atoms with Gasteiger partial charge in [0.05, 0.1) is 0 Å². The van der Waals surface area contributed by atoms with E-state index in [2.05, 4.69) is 17.2 Å². The van der Waals surface area contributed by atoms with Crippen LogP contribution in [0.3, 0.4) is 0 Å². The Hall–Kier alpha value is -1.45. The second-order valence-corrected chi connectivity index (χ2v) is 5.09. The average molecular weight is 235 g/mol. The summed E-state index contributed by atoms with van der Waals surface area (Å²) in [5.41, 5.74) is 7.05. The SMILES string of the molecule is CCC1(CNC(=O)c2cc(N)c[nH]2)CCCC1. The standard InChI is InChI=1S/C13H21N3O/c1-2-13(5-3-4-6-13)9-16-12(17)11-7-10(14)8-15-11/h7-8,15H,2-6,9,14H2,1H3,(H,16,17). The Morgan fingerprint density at radius 3 is 2.76 bits per heavy atom. The highest BCUT2D eigenvalue weighted by molar-refractivity contribution is 5.93. The second kappa shape index (κ2) is 4.82. The minimum Gasteiger partial charge on any atom is -0.397 e. The number of hydrogen-bond acceptors (Lipinski definition) is 2. The monoisotopic (exact) mass is 235 g/mol. The lowest BCUT2D eigenvalue weighted by molar-refractivity contribution is 0.0924. The van der Waals surface area contributed by atoms with Crippen molar-refractivity contribution in [2.45, 2.75) is 39.0 Å². The van der Waals surface area contributed by atoms with Crippen LogP contribution in [0, 0.1) is 5.41 Å². The first-order valence-electron chi connectivity index (χ1n) is 6.37. The van der Waals surface area contributed by atoms with Gasteiger partial charge in [-0.05, 0) is 30.7 Å². The van der Waals surface area contributed by atoms with E-state index in [1.165, 1.54) is 25.7 Å². The number of rotatable bonds is 4. The summed E-state index contributed by atoms with van der Waals surface area (Å²) in [6.45, 7) is 2.99. The van der Waals surface area contributed by atoms with Crippen LogP contribution in [0.4, 0.5) is 5.69 Å². The summed E-state index contributed by atoms with van der Waals surface area (Å²) in [7, 11) is 0. The van der Waals surface area contributed by atoms with Gasteiger partial charge in [0.2, 0.25) is 0 Å². The van der Waals surface area contributed by atoms with Crippen molar-refractivity contribution in [1.29, 1.82) is 0 Å². The Bertz CT molecular complexity index is 391. The van der Waals surface area contributed by atoms with Crippen LogP contribution in [0.1, 0.15) is 49.5 Å². The van der Waals surface area contributed by atoms with Crippen LogP contribution < -0.4 is 11.1 Å². The van der Waals surface area contributed by atoms with E-state index in [1.807, 2.05) is 0 Å². The summed E-state index contributed by atoms with van der Waals surface area (Å²) in [5.74, 6) is -0.0542. The van der Waals surface area contributed by atoms with Gasteiger partial charge in [0, 0.05) is 18.4 Å². The van der Waals surface area contributed by atoms with Crippen LogP contribution in [0.5, 0.6) is 0 Å². The molecule has 4 N–H and O–H groups in total. The number of amides is 1. The lowest BCUT2D eigenvalue weighted by Gasteiger charge is -2.27. The number of anilines is 1. The van der Waals surface area contributed by atoms with Crippen LogP contribution in [0.2, 0.25) is 0 Å². The molecule has 1 fully saturated rings. The number of carbonyl (C=O) groups excluding carboxylic acids is 1. The maximum Gasteiger partial charge on any atom is 0.267 e. The molecule has 0 saturated heterocycles. The minimum atomic E-state index is -0.0542. The fraction of sp³-hybridized carbons (Fsp3) is 0.615. The zero-order chi connectivity index (χ0) is 12.3. The Morgan fingerprint density at radius 2 is 2.24 bits per heavy atom. The predicted octanol–water partition coefficient (Wildman–Crippen LogP) is 2.30. The van der Waals surface area contributed by atoms with E-state index >= 15 is 0 Å². The molecule has 0 unspecified atom stereocenters. The van der Waals surface area contributed by atoms with Crippen molar-refractivity contribution in [2.24, 2.45) is 5.41 Å². The number of nitrogen functional groups attached to an aromatic ring is 1. The number of nitrogens with one attached hydrogen (secondary N) is 2. The summed E-state index contributed by atoms with van der Waals surface area (Å²) in [6.07, 6.45) is 7.83. The Balaban J connectivity index is 1.91. The number of nitrogens with two attached hydrogens (primary N) is 1. The second-order valence-electron chi connectivity index (χ2n) is 5.09. The van der Waals surface area contributed by atoms with Crippen molar-refractivity contribution in [3.63, 3.8) is 0 Å². The molecule has 1 aliphatic carbocycles. The Labute approximate surface area is 102 Å². The number of aromatic amines is 1. The fourth-order valence-electron chi connectivity index (χ4n) is 2.69. The fourth-order valence-corrected chi connectivity index (χ4v) is 2.69. The normalized spacial score (nSPS) is 18.2. The lowest BCUT2D eigenvalue weighted by Crippen LogP contribution is -2.35. The number of carbonyl (C=O) groups is 1. The number of aromatic nitrogens is 1. The van der Waals surface area contributed by atoms with E-state index in [1.54, 1.807) is 12.3 Å². The molecule has 0 radical (unpaired) electrons. The molecule has 0 aromatic carbocycles. The van der Waals surface area contributed by atoms with E-state index in [4.69, 9.17) is 5.73 Å². The van der Waals surface area contributed by atoms with Gasteiger partial charge >= 0.3 is 0 Å². The van der Waals surface area contributed by atoms with Gasteiger partial charge in [0.1, 0.15) is 5.69 Å². The van der Waals surface area contributed by atoms with E-state index < -0.39 is 0 Å². The Kier molecular flexibility index (Phi) is 3.41.